The number of rotatable bonds is 9. The number of pyridine rings is 1. The lowest BCUT2D eigenvalue weighted by molar-refractivity contribution is -0.142. The van der Waals surface area contributed by atoms with E-state index in [4.69, 9.17) is 14.5 Å². The Balaban J connectivity index is 1.14. The maximum absolute atomic E-state index is 14.8. The van der Waals surface area contributed by atoms with Crippen molar-refractivity contribution in [3.8, 4) is 22.2 Å². The van der Waals surface area contributed by atoms with Crippen LogP contribution >= 0.6 is 11.3 Å². The quantitative estimate of drug-likeness (QED) is 0.175. The highest BCUT2D eigenvalue weighted by atomic mass is 32.2. The van der Waals surface area contributed by atoms with Gasteiger partial charge >= 0.3 is 0 Å². The Bertz CT molecular complexity index is 2310. The molecule has 2 aromatic carbocycles. The topological polar surface area (TPSA) is 145 Å². The number of benzene rings is 2. The molecule has 5 atom stereocenters. The molecule has 2 aromatic heterocycles. The third-order valence-electron chi connectivity index (χ3n) is 12.0. The fraction of sp³-hybridized carbons (Fsp3) is 0.465. The number of ketones is 1. The zero-order valence-corrected chi connectivity index (χ0v) is 33.7. The highest BCUT2D eigenvalue weighted by Gasteiger charge is 2.61. The summed E-state index contributed by atoms with van der Waals surface area (Å²) in [6, 6.07) is 10.8. The van der Waals surface area contributed by atoms with Gasteiger partial charge in [-0.3, -0.25) is 19.1 Å². The first-order chi connectivity index (χ1) is 27.5. The number of Topliss-reactive ketones (excluding diaryl/α,β-unsaturated/α-hetero) is 1. The summed E-state index contributed by atoms with van der Waals surface area (Å²) in [5, 5.41) is 2.73. The Labute approximate surface area is 336 Å². The number of hydrogen-bond donors (Lipinski definition) is 1. The van der Waals surface area contributed by atoms with E-state index in [1.54, 1.807) is 30.3 Å². The zero-order valence-electron chi connectivity index (χ0n) is 32.1. The molecule has 1 N–H and O–H groups in total. The second-order valence-corrected chi connectivity index (χ2v) is 18.8. The van der Waals surface area contributed by atoms with Gasteiger partial charge in [0, 0.05) is 47.4 Å². The maximum Gasteiger partial charge on any atom is 0.240 e. The van der Waals surface area contributed by atoms with Gasteiger partial charge in [-0.2, -0.15) is 0 Å². The van der Waals surface area contributed by atoms with Crippen molar-refractivity contribution in [2.24, 2.45) is 17.3 Å². The third-order valence-corrected chi connectivity index (χ3v) is 14.7. The molecule has 0 radical (unpaired) electrons. The fourth-order valence-electron chi connectivity index (χ4n) is 8.56. The number of aromatic nitrogens is 2. The van der Waals surface area contributed by atoms with E-state index < -0.39 is 44.7 Å². The average molecular weight is 815 g/mol. The highest BCUT2D eigenvalue weighted by molar-refractivity contribution is 7.90. The van der Waals surface area contributed by atoms with E-state index >= 15 is 0 Å². The Morgan fingerprint density at radius 2 is 1.88 bits per heavy atom. The summed E-state index contributed by atoms with van der Waals surface area (Å²) in [7, 11) is -2.24. The van der Waals surface area contributed by atoms with E-state index in [0.29, 0.717) is 59.8 Å². The number of fused-ring (bicyclic) bond motifs is 3. The molecule has 300 valence electrons. The number of aryl methyl sites for hydroxylation is 1. The molecule has 0 spiro atoms. The second kappa shape index (κ2) is 15.9. The van der Waals surface area contributed by atoms with Crippen molar-refractivity contribution in [3.63, 3.8) is 0 Å². The molecule has 1 saturated heterocycles. The van der Waals surface area contributed by atoms with Gasteiger partial charge < -0.3 is 14.4 Å². The van der Waals surface area contributed by atoms with E-state index in [1.807, 2.05) is 42.7 Å². The number of methoxy groups -OCH3 is 1. The van der Waals surface area contributed by atoms with Crippen LogP contribution in [0.25, 0.3) is 21.6 Å². The molecule has 57 heavy (non-hydrogen) atoms. The number of ether oxygens (including phenoxy) is 2. The van der Waals surface area contributed by atoms with Crippen LogP contribution in [-0.4, -0.2) is 71.9 Å². The standard InChI is InChI=1S/C43H47FN4O7S2/c1-26-37(54-2)17-16-33-38(22-34(46-39(26)33)40-45-18-19-56-40)55-31-21-35-36(49)24-43(42(51)47-57(52,53)32-14-15-32)23-29(43)9-7-5-3-4-6-8-28(41(50)48(35)25-31)20-27-10-12-30(44)13-11-27/h7,9-13,16-19,22,28-29,31-32,35H,3-6,8,14-15,20-21,23-25H2,1-2H3,(H,47,51)/b9-7-/t28-,29-,31-,35+,43-/m1/s1. The van der Waals surface area contributed by atoms with E-state index in [0.717, 1.165) is 42.2 Å². The predicted octanol–water partition coefficient (Wildman–Crippen LogP) is 7.12. The minimum absolute atomic E-state index is 0.124. The molecule has 14 heteroatoms. The van der Waals surface area contributed by atoms with Crippen LogP contribution in [0.2, 0.25) is 0 Å². The molecule has 2 aliphatic heterocycles. The first-order valence-electron chi connectivity index (χ1n) is 19.8. The number of sulfonamides is 1. The number of halogens is 1. The first-order valence-corrected chi connectivity index (χ1v) is 22.2. The van der Waals surface area contributed by atoms with Crippen molar-refractivity contribution in [1.29, 1.82) is 0 Å². The summed E-state index contributed by atoms with van der Waals surface area (Å²) < 4.78 is 54.5. The number of carbonyl (C=O) groups excluding carboxylic acids is 3. The molecular weight excluding hydrogens is 768 g/mol. The monoisotopic (exact) mass is 814 g/mol. The molecule has 3 fully saturated rings. The number of thiazole rings is 1. The summed E-state index contributed by atoms with van der Waals surface area (Å²) in [6.07, 6.45) is 10.7. The number of nitrogens with one attached hydrogen (secondary N) is 1. The molecular formula is C43H47FN4O7S2. The molecule has 4 aliphatic rings. The molecule has 0 bridgehead atoms. The molecule has 2 aliphatic carbocycles. The lowest BCUT2D eigenvalue weighted by Crippen LogP contribution is -2.46. The van der Waals surface area contributed by atoms with Gasteiger partial charge in [0.05, 0.1) is 35.9 Å². The number of allylic oxidation sites excluding steroid dienone is 2. The van der Waals surface area contributed by atoms with Crippen LogP contribution in [0.3, 0.4) is 0 Å². The molecule has 8 rings (SSSR count). The van der Waals surface area contributed by atoms with E-state index in [2.05, 4.69) is 9.71 Å². The smallest absolute Gasteiger partial charge is 0.240 e. The van der Waals surface area contributed by atoms with E-state index in [9.17, 15) is 27.2 Å². The van der Waals surface area contributed by atoms with Crippen molar-refractivity contribution in [2.75, 3.05) is 13.7 Å². The highest BCUT2D eigenvalue weighted by Crippen LogP contribution is 2.57. The lowest BCUT2D eigenvalue weighted by atomic mass is 9.90. The van der Waals surface area contributed by atoms with E-state index in [-0.39, 0.29) is 42.8 Å². The van der Waals surface area contributed by atoms with Gasteiger partial charge in [0.15, 0.2) is 5.78 Å². The van der Waals surface area contributed by atoms with Crippen LogP contribution < -0.4 is 14.2 Å². The van der Waals surface area contributed by atoms with Crippen LogP contribution in [0.5, 0.6) is 11.5 Å². The minimum atomic E-state index is -3.85. The van der Waals surface area contributed by atoms with Crippen molar-refractivity contribution < 1.29 is 36.7 Å². The van der Waals surface area contributed by atoms with Gasteiger partial charge in [0.1, 0.15) is 34.1 Å². The first kappa shape index (κ1) is 39.2. The predicted molar refractivity (Wildman–Crippen MR) is 215 cm³/mol. The van der Waals surface area contributed by atoms with Gasteiger partial charge in [-0.15, -0.1) is 11.3 Å². The molecule has 2 amide bonds. The second-order valence-electron chi connectivity index (χ2n) is 16.0. The maximum atomic E-state index is 14.8. The SMILES string of the molecule is COc1ccc2c(O[C@@H]3C[C@H]4C(=O)C[C@]5(C(=O)NS(=O)(=O)C6CC6)C[C@H]5/C=C\CCCCC[C@H](Cc5ccc(F)cc5)C(=O)N4C3)cc(-c3nccs3)nc2c1C. The summed E-state index contributed by atoms with van der Waals surface area (Å²) in [4.78, 5) is 54.5. The average Bonchev–Trinajstić information content (AvgIpc) is 4.06. The van der Waals surface area contributed by atoms with Gasteiger partial charge in [0.25, 0.3) is 0 Å². The minimum Gasteiger partial charge on any atom is -0.496 e. The number of amides is 2. The van der Waals surface area contributed by atoms with E-state index in [1.165, 1.54) is 23.5 Å². The summed E-state index contributed by atoms with van der Waals surface area (Å²) in [5.74, 6) is -1.08. The molecule has 4 aromatic rings. The van der Waals surface area contributed by atoms with Gasteiger partial charge in [-0.25, -0.2) is 22.8 Å². The number of nitrogens with zero attached hydrogens (tertiary/aromatic N) is 3. The molecule has 4 heterocycles. The molecule has 11 nitrogen and oxygen atoms in total. The van der Waals surface area contributed by atoms with Crippen LogP contribution in [0.1, 0.15) is 75.3 Å². The van der Waals surface area contributed by atoms with Gasteiger partial charge in [0.2, 0.25) is 21.8 Å². The number of carbonyl (C=O) groups is 3. The summed E-state index contributed by atoms with van der Waals surface area (Å²) >= 11 is 1.45. The Morgan fingerprint density at radius 3 is 2.61 bits per heavy atom. The van der Waals surface area contributed by atoms with Crippen LogP contribution in [0.4, 0.5) is 4.39 Å². The Morgan fingerprint density at radius 1 is 1.07 bits per heavy atom. The summed E-state index contributed by atoms with van der Waals surface area (Å²) in [6.45, 7) is 2.05. The summed E-state index contributed by atoms with van der Waals surface area (Å²) in [5.41, 5.74) is 1.72. The van der Waals surface area contributed by atoms with Gasteiger partial charge in [-0.1, -0.05) is 37.1 Å². The van der Waals surface area contributed by atoms with Crippen LogP contribution in [0, 0.1) is 30.0 Å². The van der Waals surface area contributed by atoms with Crippen molar-refractivity contribution in [1.82, 2.24) is 19.6 Å². The number of hydrogen-bond acceptors (Lipinski definition) is 10. The van der Waals surface area contributed by atoms with Crippen LogP contribution in [-0.2, 0) is 30.8 Å². The molecule has 0 unspecified atom stereocenters. The van der Waals surface area contributed by atoms with Crippen molar-refractivity contribution >= 4 is 49.9 Å². The largest absolute Gasteiger partial charge is 0.496 e. The van der Waals surface area contributed by atoms with Crippen molar-refractivity contribution in [2.45, 2.75) is 94.9 Å². The van der Waals surface area contributed by atoms with Crippen LogP contribution in [0.15, 0.2) is 66.2 Å². The van der Waals surface area contributed by atoms with Crippen molar-refractivity contribution in [3.05, 3.63) is 83.1 Å². The Kier molecular flexibility index (Phi) is 10.9. The van der Waals surface area contributed by atoms with Gasteiger partial charge in [-0.05, 0) is 87.6 Å². The lowest BCUT2D eigenvalue weighted by Gasteiger charge is -2.29. The molecule has 2 saturated carbocycles. The Hall–Kier alpha value is -4.69. The zero-order chi connectivity index (χ0) is 39.9. The fourth-order valence-corrected chi connectivity index (χ4v) is 10.5. The third kappa shape index (κ3) is 8.20. The normalized spacial score (nSPS) is 26.2.